The number of aryl methyl sites for hydroxylation is 2. The summed E-state index contributed by atoms with van der Waals surface area (Å²) in [5.74, 6) is -0.332. The van der Waals surface area contributed by atoms with Crippen LogP contribution in [0.1, 0.15) is 27.2 Å². The third kappa shape index (κ3) is 3.67. The quantitative estimate of drug-likeness (QED) is 0.268. The molecule has 5 heteroatoms. The lowest BCUT2D eigenvalue weighted by Gasteiger charge is -2.06. The molecule has 4 aromatic carbocycles. The molecule has 34 heavy (non-hydrogen) atoms. The van der Waals surface area contributed by atoms with Gasteiger partial charge in [-0.2, -0.15) is 10.2 Å². The molecule has 1 aliphatic rings. The number of hydrogen-bond acceptors (Lipinski definition) is 3. The van der Waals surface area contributed by atoms with Crippen LogP contribution >= 0.6 is 0 Å². The van der Waals surface area contributed by atoms with E-state index >= 15 is 0 Å². The van der Waals surface area contributed by atoms with Crippen molar-refractivity contribution >= 4 is 22.9 Å². The van der Waals surface area contributed by atoms with Crippen LogP contribution in [-0.2, 0) is 12.8 Å². The molecule has 0 aliphatic heterocycles. The minimum absolute atomic E-state index is 0.332. The molecule has 0 spiro atoms. The van der Waals surface area contributed by atoms with E-state index in [2.05, 4.69) is 63.2 Å². The number of nitrogens with one attached hydrogen (secondary N) is 2. The van der Waals surface area contributed by atoms with Gasteiger partial charge in [0.2, 0.25) is 0 Å². The summed E-state index contributed by atoms with van der Waals surface area (Å²) in [5, 5.41) is 13.9. The van der Waals surface area contributed by atoms with Gasteiger partial charge in [-0.3, -0.25) is 9.89 Å². The number of carbonyl (C=O) groups excluding carboxylic acids is 1. The maximum atomic E-state index is 12.6. The fraction of sp³-hybridized carbons (Fsp3) is 0.0690. The van der Waals surface area contributed by atoms with E-state index in [1.54, 1.807) is 12.3 Å². The first-order chi connectivity index (χ1) is 16.8. The fourth-order valence-electron chi connectivity index (χ4n) is 4.66. The SMILES string of the molecule is O=C(N/N=C/c1ccc(-c2ccccc2)cc1)c1cc(-c2ccc3c4c(cccc24)CC3)n[nH]1. The molecule has 0 unspecified atom stereocenters. The van der Waals surface area contributed by atoms with Crippen LogP contribution in [-0.4, -0.2) is 22.3 Å². The molecule has 1 aromatic heterocycles. The van der Waals surface area contributed by atoms with Gasteiger partial charge in [0.15, 0.2) is 0 Å². The zero-order chi connectivity index (χ0) is 22.9. The van der Waals surface area contributed by atoms with Crippen molar-refractivity contribution in [1.29, 1.82) is 0 Å². The van der Waals surface area contributed by atoms with Crippen LogP contribution in [0.25, 0.3) is 33.2 Å². The van der Waals surface area contributed by atoms with Gasteiger partial charge in [-0.15, -0.1) is 0 Å². The first-order valence-corrected chi connectivity index (χ1v) is 11.3. The van der Waals surface area contributed by atoms with Gasteiger partial charge in [0.1, 0.15) is 5.69 Å². The van der Waals surface area contributed by atoms with Crippen LogP contribution in [0, 0.1) is 0 Å². The molecule has 5 nitrogen and oxygen atoms in total. The maximum Gasteiger partial charge on any atom is 0.289 e. The molecule has 0 radical (unpaired) electrons. The van der Waals surface area contributed by atoms with Gasteiger partial charge in [-0.25, -0.2) is 5.43 Å². The van der Waals surface area contributed by atoms with Crippen molar-refractivity contribution in [3.8, 4) is 22.4 Å². The Hall–Kier alpha value is -4.51. The van der Waals surface area contributed by atoms with E-state index in [1.165, 1.54) is 21.9 Å². The second-order valence-corrected chi connectivity index (χ2v) is 8.47. The number of aromatic nitrogens is 2. The van der Waals surface area contributed by atoms with E-state index in [1.807, 2.05) is 42.5 Å². The lowest BCUT2D eigenvalue weighted by molar-refractivity contribution is 0.0950. The van der Waals surface area contributed by atoms with Crippen LogP contribution in [0.4, 0.5) is 0 Å². The summed E-state index contributed by atoms with van der Waals surface area (Å²) in [6.45, 7) is 0. The van der Waals surface area contributed by atoms with Crippen LogP contribution in [0.5, 0.6) is 0 Å². The number of aromatic amines is 1. The van der Waals surface area contributed by atoms with Crippen LogP contribution in [0.15, 0.2) is 96.1 Å². The summed E-state index contributed by atoms with van der Waals surface area (Å²) in [7, 11) is 0. The Bertz CT molecular complexity index is 1520. The monoisotopic (exact) mass is 442 g/mol. The number of hydrogen-bond donors (Lipinski definition) is 2. The third-order valence-corrected chi connectivity index (χ3v) is 6.37. The number of H-pyrrole nitrogens is 1. The summed E-state index contributed by atoms with van der Waals surface area (Å²) in [5.41, 5.74) is 10.7. The summed E-state index contributed by atoms with van der Waals surface area (Å²) in [6.07, 6.45) is 3.79. The molecule has 6 rings (SSSR count). The summed E-state index contributed by atoms with van der Waals surface area (Å²) in [4.78, 5) is 12.6. The number of rotatable bonds is 5. The molecule has 5 aromatic rings. The van der Waals surface area contributed by atoms with E-state index in [-0.39, 0.29) is 5.91 Å². The topological polar surface area (TPSA) is 70.1 Å². The van der Waals surface area contributed by atoms with Crippen molar-refractivity contribution < 1.29 is 4.79 Å². The molecule has 164 valence electrons. The molecule has 1 aliphatic carbocycles. The first-order valence-electron chi connectivity index (χ1n) is 11.3. The highest BCUT2D eigenvalue weighted by Gasteiger charge is 2.18. The molecule has 2 N–H and O–H groups in total. The summed E-state index contributed by atoms with van der Waals surface area (Å²) < 4.78 is 0. The minimum atomic E-state index is -0.332. The average molecular weight is 443 g/mol. The third-order valence-electron chi connectivity index (χ3n) is 6.37. The second-order valence-electron chi connectivity index (χ2n) is 8.47. The van der Waals surface area contributed by atoms with Gasteiger partial charge < -0.3 is 0 Å². The largest absolute Gasteiger partial charge is 0.289 e. The molecule has 0 bridgehead atoms. The van der Waals surface area contributed by atoms with E-state index in [0.29, 0.717) is 5.69 Å². The Labute approximate surface area is 197 Å². The van der Waals surface area contributed by atoms with Crippen molar-refractivity contribution in [2.75, 3.05) is 0 Å². The Morgan fingerprint density at radius 3 is 2.44 bits per heavy atom. The molecule has 1 heterocycles. The highest BCUT2D eigenvalue weighted by Crippen LogP contribution is 2.36. The summed E-state index contributed by atoms with van der Waals surface area (Å²) >= 11 is 0. The molecule has 0 atom stereocenters. The lowest BCUT2D eigenvalue weighted by Crippen LogP contribution is -2.17. The van der Waals surface area contributed by atoms with Crippen LogP contribution in [0.3, 0.4) is 0 Å². The van der Waals surface area contributed by atoms with Gasteiger partial charge in [-0.05, 0) is 57.5 Å². The number of nitrogens with zero attached hydrogens (tertiary/aromatic N) is 2. The number of amides is 1. The molecule has 0 saturated carbocycles. The van der Waals surface area contributed by atoms with Crippen molar-refractivity contribution in [2.45, 2.75) is 12.8 Å². The van der Waals surface area contributed by atoms with E-state index < -0.39 is 0 Å². The molecular formula is C29H22N4O. The zero-order valence-corrected chi connectivity index (χ0v) is 18.5. The Morgan fingerprint density at radius 1 is 0.853 bits per heavy atom. The lowest BCUT2D eigenvalue weighted by atomic mass is 9.98. The predicted molar refractivity (Wildman–Crippen MR) is 136 cm³/mol. The van der Waals surface area contributed by atoms with Gasteiger partial charge >= 0.3 is 0 Å². The minimum Gasteiger partial charge on any atom is -0.272 e. The zero-order valence-electron chi connectivity index (χ0n) is 18.5. The maximum absolute atomic E-state index is 12.6. The van der Waals surface area contributed by atoms with Crippen LogP contribution in [0.2, 0.25) is 0 Å². The molecule has 0 saturated heterocycles. The molecular weight excluding hydrogens is 420 g/mol. The van der Waals surface area contributed by atoms with Gasteiger partial charge in [0.05, 0.1) is 11.9 Å². The van der Waals surface area contributed by atoms with Crippen molar-refractivity contribution in [2.24, 2.45) is 5.10 Å². The average Bonchev–Trinajstić information content (AvgIpc) is 3.54. The Balaban J connectivity index is 1.17. The summed E-state index contributed by atoms with van der Waals surface area (Å²) in [6, 6.07) is 30.7. The normalized spacial score (nSPS) is 12.5. The highest BCUT2D eigenvalue weighted by atomic mass is 16.2. The van der Waals surface area contributed by atoms with E-state index in [0.717, 1.165) is 40.8 Å². The molecule has 0 fully saturated rings. The van der Waals surface area contributed by atoms with E-state index in [9.17, 15) is 4.79 Å². The second kappa shape index (κ2) is 8.45. The molecule has 1 amide bonds. The van der Waals surface area contributed by atoms with Crippen LogP contribution < -0.4 is 5.43 Å². The van der Waals surface area contributed by atoms with Gasteiger partial charge in [-0.1, -0.05) is 84.9 Å². The number of benzene rings is 4. The fourth-order valence-corrected chi connectivity index (χ4v) is 4.66. The predicted octanol–water partition coefficient (Wildman–Crippen LogP) is 5.76. The number of carbonyl (C=O) groups is 1. The van der Waals surface area contributed by atoms with Gasteiger partial charge in [0, 0.05) is 5.56 Å². The smallest absolute Gasteiger partial charge is 0.272 e. The Morgan fingerprint density at radius 2 is 1.62 bits per heavy atom. The van der Waals surface area contributed by atoms with Crippen molar-refractivity contribution in [1.82, 2.24) is 15.6 Å². The van der Waals surface area contributed by atoms with Crippen molar-refractivity contribution in [3.05, 3.63) is 113 Å². The van der Waals surface area contributed by atoms with Gasteiger partial charge in [0.25, 0.3) is 5.91 Å². The highest BCUT2D eigenvalue weighted by molar-refractivity contribution is 6.02. The number of hydrazone groups is 1. The van der Waals surface area contributed by atoms with E-state index in [4.69, 9.17) is 0 Å². The Kier molecular flexibility index (Phi) is 5.00. The van der Waals surface area contributed by atoms with Crippen molar-refractivity contribution in [3.63, 3.8) is 0 Å². The standard InChI is InChI=1S/C29H22N4O/c34-29(33-30-18-19-9-11-21(12-10-19)20-5-2-1-3-6-20)27-17-26(31-32-27)24-16-15-23-14-13-22-7-4-8-25(24)28(22)23/h1-12,15-18H,13-14H2,(H,31,32)(H,33,34)/b30-18+. The first kappa shape index (κ1) is 20.1.